The van der Waals surface area contributed by atoms with Crippen molar-refractivity contribution >= 4 is 17.4 Å². The fraction of sp³-hybridized carbons (Fsp3) is 0.333. The van der Waals surface area contributed by atoms with Crippen LogP contribution >= 0.6 is 11.6 Å². The Morgan fingerprint density at radius 3 is 2.56 bits per heavy atom. The van der Waals surface area contributed by atoms with Crippen LogP contribution in [0.1, 0.15) is 30.2 Å². The smallest absolute Gasteiger partial charge is 0.166 e. The molecular formula is C24H22ClF2N3O4. The van der Waals surface area contributed by atoms with Crippen LogP contribution in [-0.4, -0.2) is 46.6 Å². The minimum atomic E-state index is -0.917. The molecule has 0 radical (unpaired) electrons. The predicted octanol–water partition coefficient (Wildman–Crippen LogP) is 4.04. The third kappa shape index (κ3) is 4.09. The lowest BCUT2D eigenvalue weighted by molar-refractivity contribution is 0.0181. The van der Waals surface area contributed by atoms with Crippen LogP contribution in [0.4, 0.5) is 14.6 Å². The Morgan fingerprint density at radius 1 is 1.06 bits per heavy atom. The van der Waals surface area contributed by atoms with Gasteiger partial charge in [-0.1, -0.05) is 17.7 Å². The number of anilines is 1. The van der Waals surface area contributed by atoms with Crippen LogP contribution in [0.5, 0.6) is 5.75 Å². The molecule has 0 spiro atoms. The van der Waals surface area contributed by atoms with Gasteiger partial charge in [0.2, 0.25) is 0 Å². The molecule has 0 saturated carbocycles. The summed E-state index contributed by atoms with van der Waals surface area (Å²) < 4.78 is 45.3. The quantitative estimate of drug-likeness (QED) is 0.522. The normalized spacial score (nSPS) is 24.7. The van der Waals surface area contributed by atoms with Crippen LogP contribution in [0.15, 0.2) is 42.7 Å². The van der Waals surface area contributed by atoms with E-state index in [9.17, 15) is 13.9 Å². The fourth-order valence-corrected chi connectivity index (χ4v) is 4.71. The summed E-state index contributed by atoms with van der Waals surface area (Å²) in [5, 5.41) is 9.60. The molecule has 2 aliphatic rings. The van der Waals surface area contributed by atoms with Gasteiger partial charge in [0, 0.05) is 34.8 Å². The Bertz CT molecular complexity index is 1210. The number of nitrogens with zero attached hydrogens (tertiary/aromatic N) is 2. The van der Waals surface area contributed by atoms with Crippen LogP contribution < -0.4 is 10.5 Å². The van der Waals surface area contributed by atoms with Gasteiger partial charge in [-0.25, -0.2) is 13.8 Å². The maximum atomic E-state index is 14.3. The van der Waals surface area contributed by atoms with Crippen LogP contribution in [0.25, 0.3) is 11.1 Å². The molecule has 4 heterocycles. The van der Waals surface area contributed by atoms with Gasteiger partial charge in [0.05, 0.1) is 30.3 Å². The molecule has 2 saturated heterocycles. The van der Waals surface area contributed by atoms with Gasteiger partial charge in [-0.2, -0.15) is 0 Å². The van der Waals surface area contributed by atoms with Gasteiger partial charge < -0.3 is 25.1 Å². The number of rotatable bonds is 5. The summed E-state index contributed by atoms with van der Waals surface area (Å²) in [6.45, 7) is 2.23. The lowest BCUT2D eigenvalue weighted by Gasteiger charge is -2.19. The Hall–Kier alpha value is -2.85. The lowest BCUT2D eigenvalue weighted by atomic mass is 9.96. The van der Waals surface area contributed by atoms with E-state index in [0.717, 1.165) is 23.4 Å². The Balaban J connectivity index is 1.36. The van der Waals surface area contributed by atoms with E-state index in [4.69, 9.17) is 31.5 Å². The van der Waals surface area contributed by atoms with Gasteiger partial charge in [0.25, 0.3) is 0 Å². The molecule has 0 amide bonds. The van der Waals surface area contributed by atoms with E-state index in [-0.39, 0.29) is 46.9 Å². The van der Waals surface area contributed by atoms with Crippen molar-refractivity contribution in [1.29, 1.82) is 0 Å². The lowest BCUT2D eigenvalue weighted by Crippen LogP contribution is -2.28. The van der Waals surface area contributed by atoms with E-state index >= 15 is 0 Å². The van der Waals surface area contributed by atoms with E-state index in [1.165, 1.54) is 0 Å². The van der Waals surface area contributed by atoms with E-state index < -0.39 is 23.8 Å². The Labute approximate surface area is 199 Å². The zero-order chi connectivity index (χ0) is 24.0. The van der Waals surface area contributed by atoms with E-state index in [1.807, 2.05) is 12.1 Å². The molecule has 3 N–H and O–H groups in total. The molecule has 2 fully saturated rings. The number of ether oxygens (including phenoxy) is 3. The highest BCUT2D eigenvalue weighted by Gasteiger charge is 2.48. The first-order chi connectivity index (χ1) is 16.3. The minimum absolute atomic E-state index is 0.0635. The SMILES string of the molecule is CC(Oc1cc(-c2ccc(C3COC4C3OC[C@H]4O)nc2)cnc1N)c1c(F)ccc(F)c1Cl. The maximum absolute atomic E-state index is 14.3. The zero-order valence-electron chi connectivity index (χ0n) is 18.1. The largest absolute Gasteiger partial charge is 0.482 e. The van der Waals surface area contributed by atoms with Gasteiger partial charge in [-0.3, -0.25) is 4.98 Å². The summed E-state index contributed by atoms with van der Waals surface area (Å²) in [7, 11) is 0. The third-order valence-corrected chi connectivity index (χ3v) is 6.58. The first kappa shape index (κ1) is 22.9. The summed E-state index contributed by atoms with van der Waals surface area (Å²) in [6.07, 6.45) is 1.18. The summed E-state index contributed by atoms with van der Waals surface area (Å²) in [5.41, 5.74) is 8.10. The van der Waals surface area contributed by atoms with Crippen molar-refractivity contribution in [3.05, 3.63) is 70.6 Å². The maximum Gasteiger partial charge on any atom is 0.166 e. The molecule has 10 heteroatoms. The molecule has 4 unspecified atom stereocenters. The number of pyridine rings is 2. The molecule has 3 aromatic rings. The standard InChI is InChI=1S/C24H22ClF2N3O4/c1-11(20-15(26)3-4-16(27)21(20)25)34-19-6-13(8-30-24(19)28)12-2-5-17(29-7-12)14-9-32-23-18(31)10-33-22(14)23/h2-8,11,14,18,22-23,31H,9-10H2,1H3,(H2,28,30)/t11?,14?,18-,22?,23?/m1/s1. The summed E-state index contributed by atoms with van der Waals surface area (Å²) >= 11 is 5.95. The number of hydrogen-bond donors (Lipinski definition) is 2. The van der Waals surface area contributed by atoms with Crippen molar-refractivity contribution < 1.29 is 28.1 Å². The second kappa shape index (κ2) is 9.07. The highest BCUT2D eigenvalue weighted by Crippen LogP contribution is 2.38. The van der Waals surface area contributed by atoms with E-state index in [0.29, 0.717) is 12.2 Å². The number of hydrogen-bond acceptors (Lipinski definition) is 7. The first-order valence-corrected chi connectivity index (χ1v) is 11.1. The fourth-order valence-electron chi connectivity index (χ4n) is 4.40. The van der Waals surface area contributed by atoms with Gasteiger partial charge in [0.15, 0.2) is 11.6 Å². The average molecular weight is 490 g/mol. The second-order valence-corrected chi connectivity index (χ2v) is 8.74. The second-order valence-electron chi connectivity index (χ2n) is 8.37. The number of nitrogens with two attached hydrogens (primary N) is 1. The molecular weight excluding hydrogens is 468 g/mol. The van der Waals surface area contributed by atoms with Crippen LogP contribution in [0.2, 0.25) is 5.02 Å². The average Bonchev–Trinajstić information content (AvgIpc) is 3.41. The molecule has 7 nitrogen and oxygen atoms in total. The molecule has 1 aromatic carbocycles. The summed E-state index contributed by atoms with van der Waals surface area (Å²) in [6, 6.07) is 7.37. The number of benzene rings is 1. The third-order valence-electron chi connectivity index (χ3n) is 6.20. The summed E-state index contributed by atoms with van der Waals surface area (Å²) in [5.74, 6) is -1.19. The first-order valence-electron chi connectivity index (χ1n) is 10.8. The number of aromatic nitrogens is 2. The van der Waals surface area contributed by atoms with Gasteiger partial charge in [0.1, 0.15) is 29.9 Å². The number of nitrogen functional groups attached to an aromatic ring is 1. The van der Waals surface area contributed by atoms with Crippen molar-refractivity contribution in [2.24, 2.45) is 0 Å². The molecule has 0 aliphatic carbocycles. The highest BCUT2D eigenvalue weighted by atomic mass is 35.5. The zero-order valence-corrected chi connectivity index (χ0v) is 18.9. The molecule has 2 aromatic heterocycles. The Kier molecular flexibility index (Phi) is 6.11. The van der Waals surface area contributed by atoms with Gasteiger partial charge in [-0.15, -0.1) is 0 Å². The van der Waals surface area contributed by atoms with Gasteiger partial charge in [-0.05, 0) is 31.2 Å². The van der Waals surface area contributed by atoms with Crippen LogP contribution in [0, 0.1) is 11.6 Å². The van der Waals surface area contributed by atoms with Crippen molar-refractivity contribution in [1.82, 2.24) is 9.97 Å². The number of aliphatic hydroxyl groups excluding tert-OH is 1. The number of aliphatic hydroxyl groups is 1. The topological polar surface area (TPSA) is 99.7 Å². The Morgan fingerprint density at radius 2 is 1.79 bits per heavy atom. The monoisotopic (exact) mass is 489 g/mol. The van der Waals surface area contributed by atoms with E-state index in [2.05, 4.69) is 9.97 Å². The van der Waals surface area contributed by atoms with Crippen molar-refractivity contribution in [3.63, 3.8) is 0 Å². The predicted molar refractivity (Wildman–Crippen MR) is 121 cm³/mol. The molecule has 0 bridgehead atoms. The van der Waals surface area contributed by atoms with Crippen molar-refractivity contribution in [2.75, 3.05) is 18.9 Å². The molecule has 2 aliphatic heterocycles. The van der Waals surface area contributed by atoms with Crippen molar-refractivity contribution in [2.45, 2.75) is 37.3 Å². The van der Waals surface area contributed by atoms with Crippen LogP contribution in [0.3, 0.4) is 0 Å². The molecule has 34 heavy (non-hydrogen) atoms. The van der Waals surface area contributed by atoms with Gasteiger partial charge >= 0.3 is 0 Å². The summed E-state index contributed by atoms with van der Waals surface area (Å²) in [4.78, 5) is 8.74. The minimum Gasteiger partial charge on any atom is -0.482 e. The highest BCUT2D eigenvalue weighted by molar-refractivity contribution is 6.31. The van der Waals surface area contributed by atoms with E-state index in [1.54, 1.807) is 25.4 Å². The molecule has 5 atom stereocenters. The molecule has 178 valence electrons. The number of halogens is 3. The van der Waals surface area contributed by atoms with Crippen molar-refractivity contribution in [3.8, 4) is 16.9 Å². The molecule has 5 rings (SSSR count). The van der Waals surface area contributed by atoms with Crippen LogP contribution in [-0.2, 0) is 9.47 Å². The number of fused-ring (bicyclic) bond motifs is 1.